The van der Waals surface area contributed by atoms with Crippen molar-refractivity contribution in [2.75, 3.05) is 0 Å². The van der Waals surface area contributed by atoms with Crippen LogP contribution in [0.25, 0.3) is 10.9 Å². The van der Waals surface area contributed by atoms with Gasteiger partial charge < -0.3 is 19.5 Å². The molecule has 2 N–H and O–H groups in total. The summed E-state index contributed by atoms with van der Waals surface area (Å²) < 4.78 is 47.7. The molecule has 0 radical (unpaired) electrons. The molecule has 1 saturated carbocycles. The van der Waals surface area contributed by atoms with Crippen LogP contribution in [0.5, 0.6) is 5.75 Å². The Morgan fingerprint density at radius 1 is 1.31 bits per heavy atom. The lowest BCUT2D eigenvalue weighted by molar-refractivity contribution is -0.274. The number of aromatic nitrogens is 2. The summed E-state index contributed by atoms with van der Waals surface area (Å²) in [7, 11) is 0. The van der Waals surface area contributed by atoms with Gasteiger partial charge in [0.25, 0.3) is 0 Å². The van der Waals surface area contributed by atoms with E-state index in [1.165, 1.54) is 18.7 Å². The zero-order valence-electron chi connectivity index (χ0n) is 15.7. The number of alkyl halides is 3. The fraction of sp³-hybridized carbons (Fsp3) is 0.400. The standard InChI is InChI=1S/C20H20F3N3O3/c1-19(4-5-19)18(27)24-9-15-6-13-8-17(29-20(21,22)23)12(7-16(13)26-15)2-3-14-10-28-11-25-14/h6-8,10-11,26H,2-5,9H2,1H3,(H,24,27). The van der Waals surface area contributed by atoms with Crippen LogP contribution in [0.2, 0.25) is 0 Å². The number of hydrogen-bond acceptors (Lipinski definition) is 4. The number of aromatic amines is 1. The van der Waals surface area contributed by atoms with E-state index in [-0.39, 0.29) is 23.6 Å². The van der Waals surface area contributed by atoms with Crippen molar-refractivity contribution in [1.29, 1.82) is 0 Å². The monoisotopic (exact) mass is 407 g/mol. The predicted molar refractivity (Wildman–Crippen MR) is 98.1 cm³/mol. The summed E-state index contributed by atoms with van der Waals surface area (Å²) in [5.41, 5.74) is 2.15. The molecular formula is C20H20F3N3O3. The second kappa shape index (κ2) is 7.13. The Labute approximate surface area is 164 Å². The topological polar surface area (TPSA) is 80.2 Å². The number of amides is 1. The highest BCUT2D eigenvalue weighted by Gasteiger charge is 2.44. The molecule has 4 rings (SSSR count). The van der Waals surface area contributed by atoms with Gasteiger partial charge in [-0.15, -0.1) is 13.2 Å². The van der Waals surface area contributed by atoms with Gasteiger partial charge in [0.1, 0.15) is 12.0 Å². The molecule has 0 bridgehead atoms. The lowest BCUT2D eigenvalue weighted by atomic mass is 10.1. The van der Waals surface area contributed by atoms with E-state index < -0.39 is 6.36 Å². The Kier molecular flexibility index (Phi) is 4.76. The highest BCUT2D eigenvalue weighted by Crippen LogP contribution is 2.45. The quantitative estimate of drug-likeness (QED) is 0.614. The Hall–Kier alpha value is -2.97. The largest absolute Gasteiger partial charge is 0.573 e. The zero-order valence-corrected chi connectivity index (χ0v) is 15.7. The molecule has 29 heavy (non-hydrogen) atoms. The van der Waals surface area contributed by atoms with Crippen LogP contribution in [0.4, 0.5) is 13.2 Å². The smallest absolute Gasteiger partial charge is 0.451 e. The fourth-order valence-corrected chi connectivity index (χ4v) is 3.20. The van der Waals surface area contributed by atoms with E-state index in [9.17, 15) is 18.0 Å². The summed E-state index contributed by atoms with van der Waals surface area (Å²) in [4.78, 5) is 19.2. The molecular weight excluding hydrogens is 387 g/mol. The van der Waals surface area contributed by atoms with Gasteiger partial charge in [-0.25, -0.2) is 4.98 Å². The van der Waals surface area contributed by atoms with E-state index in [4.69, 9.17) is 4.42 Å². The molecule has 1 amide bonds. The molecule has 0 atom stereocenters. The maximum Gasteiger partial charge on any atom is 0.573 e. The summed E-state index contributed by atoms with van der Waals surface area (Å²) in [6, 6.07) is 4.73. The van der Waals surface area contributed by atoms with Crippen LogP contribution in [-0.2, 0) is 24.2 Å². The van der Waals surface area contributed by atoms with Crippen LogP contribution in [0.1, 0.15) is 36.7 Å². The highest BCUT2D eigenvalue weighted by molar-refractivity contribution is 5.85. The number of fused-ring (bicyclic) bond motifs is 1. The van der Waals surface area contributed by atoms with Crippen molar-refractivity contribution in [3.63, 3.8) is 0 Å². The number of aryl methyl sites for hydroxylation is 2. The van der Waals surface area contributed by atoms with Gasteiger partial charge in [0, 0.05) is 22.0 Å². The van der Waals surface area contributed by atoms with Gasteiger partial charge in [0.15, 0.2) is 6.39 Å². The van der Waals surface area contributed by atoms with E-state index in [0.717, 1.165) is 12.8 Å². The fourth-order valence-electron chi connectivity index (χ4n) is 3.20. The summed E-state index contributed by atoms with van der Waals surface area (Å²) >= 11 is 0. The van der Waals surface area contributed by atoms with Crippen molar-refractivity contribution >= 4 is 16.8 Å². The first-order chi connectivity index (χ1) is 13.7. The maximum absolute atomic E-state index is 12.9. The third-order valence-electron chi connectivity index (χ3n) is 5.20. The van der Waals surface area contributed by atoms with Crippen LogP contribution in [0.3, 0.4) is 0 Å². The third kappa shape index (κ3) is 4.55. The average Bonchev–Trinajstić information content (AvgIpc) is 3.06. The lowest BCUT2D eigenvalue weighted by Crippen LogP contribution is -2.29. The minimum Gasteiger partial charge on any atom is -0.451 e. The van der Waals surface area contributed by atoms with Crippen molar-refractivity contribution in [3.05, 3.63) is 47.8 Å². The summed E-state index contributed by atoms with van der Waals surface area (Å²) in [5.74, 6) is -0.251. The van der Waals surface area contributed by atoms with Crippen LogP contribution < -0.4 is 10.1 Å². The van der Waals surface area contributed by atoms with E-state index in [0.29, 0.717) is 40.7 Å². The Morgan fingerprint density at radius 2 is 2.10 bits per heavy atom. The van der Waals surface area contributed by atoms with Crippen LogP contribution in [0.15, 0.2) is 35.3 Å². The Morgan fingerprint density at radius 3 is 2.76 bits per heavy atom. The number of H-pyrrole nitrogens is 1. The van der Waals surface area contributed by atoms with Crippen LogP contribution in [0, 0.1) is 5.41 Å². The number of carbonyl (C=O) groups is 1. The first kappa shape index (κ1) is 19.4. The molecule has 1 aromatic carbocycles. The molecule has 0 unspecified atom stereocenters. The molecule has 3 aromatic rings. The van der Waals surface area contributed by atoms with Crippen molar-refractivity contribution < 1.29 is 27.1 Å². The molecule has 1 aliphatic carbocycles. The molecule has 9 heteroatoms. The summed E-state index contributed by atoms with van der Waals surface area (Å²) in [6.45, 7) is 2.20. The number of nitrogens with one attached hydrogen (secondary N) is 2. The molecule has 154 valence electrons. The number of oxazole rings is 1. The lowest BCUT2D eigenvalue weighted by Gasteiger charge is -2.13. The predicted octanol–water partition coefficient (Wildman–Crippen LogP) is 4.26. The number of benzene rings is 1. The SMILES string of the molecule is CC1(C(=O)NCc2cc3cc(OC(F)(F)F)c(CCc4cocn4)cc3[nH]2)CC1. The Balaban J connectivity index is 1.56. The van der Waals surface area contributed by atoms with Gasteiger partial charge in [-0.1, -0.05) is 6.92 Å². The first-order valence-corrected chi connectivity index (χ1v) is 9.27. The van der Waals surface area contributed by atoms with Gasteiger partial charge in [-0.05, 0) is 49.4 Å². The number of rotatable bonds is 7. The molecule has 0 aliphatic heterocycles. The molecule has 6 nitrogen and oxygen atoms in total. The van der Waals surface area contributed by atoms with Crippen molar-refractivity contribution in [2.24, 2.45) is 5.41 Å². The second-order valence-corrected chi connectivity index (χ2v) is 7.61. The van der Waals surface area contributed by atoms with Crippen LogP contribution >= 0.6 is 0 Å². The van der Waals surface area contributed by atoms with Crippen molar-refractivity contribution in [2.45, 2.75) is 45.5 Å². The second-order valence-electron chi connectivity index (χ2n) is 7.61. The van der Waals surface area contributed by atoms with Gasteiger partial charge in [-0.3, -0.25) is 4.79 Å². The van der Waals surface area contributed by atoms with E-state index >= 15 is 0 Å². The van der Waals surface area contributed by atoms with Gasteiger partial charge in [-0.2, -0.15) is 0 Å². The highest BCUT2D eigenvalue weighted by atomic mass is 19.4. The number of nitrogens with zero attached hydrogens (tertiary/aromatic N) is 1. The molecule has 1 fully saturated rings. The molecule has 0 saturated heterocycles. The van der Waals surface area contributed by atoms with Crippen molar-refractivity contribution in [3.8, 4) is 5.75 Å². The average molecular weight is 407 g/mol. The molecule has 2 heterocycles. The molecule has 2 aromatic heterocycles. The Bertz CT molecular complexity index is 1020. The summed E-state index contributed by atoms with van der Waals surface area (Å²) in [5, 5.41) is 3.45. The first-order valence-electron chi connectivity index (χ1n) is 9.27. The maximum atomic E-state index is 12.9. The molecule has 1 aliphatic rings. The molecule has 0 spiro atoms. The number of hydrogen-bond donors (Lipinski definition) is 2. The number of ether oxygens (including phenoxy) is 1. The summed E-state index contributed by atoms with van der Waals surface area (Å²) in [6.07, 6.45) is 0.411. The van der Waals surface area contributed by atoms with Gasteiger partial charge in [0.05, 0.1) is 12.2 Å². The normalized spacial score (nSPS) is 15.4. The third-order valence-corrected chi connectivity index (χ3v) is 5.20. The number of halogens is 3. The number of carbonyl (C=O) groups excluding carboxylic acids is 1. The van der Waals surface area contributed by atoms with Gasteiger partial charge in [0.2, 0.25) is 5.91 Å². The van der Waals surface area contributed by atoms with Crippen molar-refractivity contribution in [1.82, 2.24) is 15.3 Å². The van der Waals surface area contributed by atoms with E-state index in [2.05, 4.69) is 20.0 Å². The minimum absolute atomic E-state index is 0.00875. The minimum atomic E-state index is -4.79. The van der Waals surface area contributed by atoms with E-state index in [1.54, 1.807) is 12.1 Å². The zero-order chi connectivity index (χ0) is 20.6. The van der Waals surface area contributed by atoms with Crippen LogP contribution in [-0.4, -0.2) is 22.2 Å². The van der Waals surface area contributed by atoms with E-state index in [1.807, 2.05) is 6.92 Å². The van der Waals surface area contributed by atoms with Gasteiger partial charge >= 0.3 is 6.36 Å².